The molecular formula is C15H17N3O6S. The number of thioether (sulfide) groups is 1. The molecule has 9 nitrogen and oxygen atoms in total. The maximum atomic E-state index is 11.9. The molecule has 134 valence electrons. The highest BCUT2D eigenvalue weighted by Crippen LogP contribution is 2.31. The van der Waals surface area contributed by atoms with Crippen LogP contribution >= 0.6 is 11.8 Å². The molecule has 1 aromatic carbocycles. The first-order valence-corrected chi connectivity index (χ1v) is 8.16. The van der Waals surface area contributed by atoms with E-state index in [0.717, 1.165) is 0 Å². The second kappa shape index (κ2) is 8.01. The van der Waals surface area contributed by atoms with E-state index in [-0.39, 0.29) is 29.2 Å². The number of hydrogen-bond donors (Lipinski definition) is 2. The maximum absolute atomic E-state index is 11.9. The number of carbonyl (C=O) groups excluding carboxylic acids is 1. The summed E-state index contributed by atoms with van der Waals surface area (Å²) in [5, 5.41) is 9.62. The highest BCUT2D eigenvalue weighted by molar-refractivity contribution is 8.00. The Morgan fingerprint density at radius 3 is 2.92 bits per heavy atom. The average molecular weight is 367 g/mol. The number of aromatic hydroxyl groups is 1. The summed E-state index contributed by atoms with van der Waals surface area (Å²) in [5.74, 6) is -0.105. The number of para-hydroxylation sites is 1. The van der Waals surface area contributed by atoms with E-state index in [1.807, 2.05) is 0 Å². The Kier molecular flexibility index (Phi) is 6.02. The van der Waals surface area contributed by atoms with Gasteiger partial charge in [0.2, 0.25) is 0 Å². The molecule has 2 atom stereocenters. The number of esters is 1. The molecule has 0 amide bonds. The highest BCUT2D eigenvalue weighted by atomic mass is 32.2. The minimum atomic E-state index is -0.632. The molecule has 0 saturated carbocycles. The molecule has 3 rings (SSSR count). The van der Waals surface area contributed by atoms with Crippen molar-refractivity contribution in [2.75, 3.05) is 18.1 Å². The van der Waals surface area contributed by atoms with Gasteiger partial charge in [-0.3, -0.25) is 4.57 Å². The third kappa shape index (κ3) is 4.29. The number of ether oxygens (including phenoxy) is 2. The third-order valence-electron chi connectivity index (χ3n) is 3.37. The molecule has 0 radical (unpaired) electrons. The standard InChI is InChI=1S/C15H15N3O5S.H2O/c16-11-5-6-18(15(21)17-11)12-8-24-13(23-12)7-22-14(20)9-3-1-2-4-10(9)19;/h1-6,12-13,19H,7-8H2,(H2,16,17,21);1H2/t12-,13+;/m0./s1. The SMILES string of the molecule is Nc1ccn([C@@H]2CS[C@H](COC(=O)c3ccccc3O)O2)c(=O)n1.O. The first-order valence-electron chi connectivity index (χ1n) is 7.11. The molecule has 10 heteroatoms. The number of aromatic nitrogens is 2. The minimum absolute atomic E-state index is 0. The molecule has 0 unspecified atom stereocenters. The molecule has 1 aromatic heterocycles. The van der Waals surface area contributed by atoms with Crippen molar-refractivity contribution in [3.63, 3.8) is 0 Å². The molecule has 5 N–H and O–H groups in total. The van der Waals surface area contributed by atoms with E-state index in [2.05, 4.69) is 4.98 Å². The monoisotopic (exact) mass is 367 g/mol. The van der Waals surface area contributed by atoms with E-state index in [1.54, 1.807) is 12.1 Å². The molecule has 1 saturated heterocycles. The van der Waals surface area contributed by atoms with Gasteiger partial charge in [0.1, 0.15) is 35.4 Å². The number of phenolic OH excluding ortho intramolecular Hbond substituents is 1. The van der Waals surface area contributed by atoms with Gasteiger partial charge in [0, 0.05) is 11.9 Å². The van der Waals surface area contributed by atoms with Gasteiger partial charge in [0.15, 0.2) is 0 Å². The van der Waals surface area contributed by atoms with E-state index in [0.29, 0.717) is 5.75 Å². The van der Waals surface area contributed by atoms with Crippen LogP contribution in [0, 0.1) is 0 Å². The average Bonchev–Trinajstić information content (AvgIpc) is 3.01. The zero-order chi connectivity index (χ0) is 17.1. The summed E-state index contributed by atoms with van der Waals surface area (Å²) in [6.45, 7) is 0.00544. The number of carbonyl (C=O) groups is 1. The van der Waals surface area contributed by atoms with E-state index >= 15 is 0 Å². The number of benzene rings is 1. The lowest BCUT2D eigenvalue weighted by Gasteiger charge is -2.14. The van der Waals surface area contributed by atoms with Gasteiger partial charge in [-0.25, -0.2) is 9.59 Å². The van der Waals surface area contributed by atoms with Gasteiger partial charge in [-0.05, 0) is 18.2 Å². The normalized spacial score (nSPS) is 19.2. The maximum Gasteiger partial charge on any atom is 0.351 e. The van der Waals surface area contributed by atoms with Gasteiger partial charge in [0.25, 0.3) is 0 Å². The second-order valence-corrected chi connectivity index (χ2v) is 6.20. The fraction of sp³-hybridized carbons (Fsp3) is 0.267. The fourth-order valence-corrected chi connectivity index (χ4v) is 3.18. The number of nitrogens with two attached hydrogens (primary N) is 1. The van der Waals surface area contributed by atoms with Crippen LogP contribution in [0.5, 0.6) is 5.75 Å². The Labute approximate surface area is 146 Å². The summed E-state index contributed by atoms with van der Waals surface area (Å²) in [7, 11) is 0. The number of phenols is 1. The predicted molar refractivity (Wildman–Crippen MR) is 91.3 cm³/mol. The number of hydrogen-bond acceptors (Lipinski definition) is 8. The van der Waals surface area contributed by atoms with Crippen LogP contribution < -0.4 is 11.4 Å². The van der Waals surface area contributed by atoms with Gasteiger partial charge in [-0.1, -0.05) is 12.1 Å². The van der Waals surface area contributed by atoms with Gasteiger partial charge in [0.05, 0.1) is 0 Å². The van der Waals surface area contributed by atoms with Crippen LogP contribution in [0.4, 0.5) is 5.82 Å². The van der Waals surface area contributed by atoms with Crippen LogP contribution in [0.15, 0.2) is 41.3 Å². The molecule has 0 bridgehead atoms. The first-order chi connectivity index (χ1) is 11.5. The fourth-order valence-electron chi connectivity index (χ4n) is 2.19. The van der Waals surface area contributed by atoms with Crippen LogP contribution in [-0.2, 0) is 9.47 Å². The van der Waals surface area contributed by atoms with Crippen molar-refractivity contribution in [3.8, 4) is 5.75 Å². The molecule has 25 heavy (non-hydrogen) atoms. The molecule has 0 aliphatic carbocycles. The molecule has 1 fully saturated rings. The lowest BCUT2D eigenvalue weighted by atomic mass is 10.2. The Bertz CT molecular complexity index is 812. The lowest BCUT2D eigenvalue weighted by molar-refractivity contribution is -0.0178. The minimum Gasteiger partial charge on any atom is -0.507 e. The van der Waals surface area contributed by atoms with Gasteiger partial charge in [-0.2, -0.15) is 4.98 Å². The summed E-state index contributed by atoms with van der Waals surface area (Å²) < 4.78 is 12.2. The van der Waals surface area contributed by atoms with Crippen molar-refractivity contribution in [3.05, 3.63) is 52.6 Å². The van der Waals surface area contributed by atoms with Crippen molar-refractivity contribution in [1.82, 2.24) is 9.55 Å². The molecule has 2 aromatic rings. The first kappa shape index (κ1) is 18.8. The van der Waals surface area contributed by atoms with Crippen LogP contribution in [0.25, 0.3) is 0 Å². The van der Waals surface area contributed by atoms with Crippen LogP contribution in [0.2, 0.25) is 0 Å². The Balaban J connectivity index is 0.00000225. The van der Waals surface area contributed by atoms with E-state index < -0.39 is 23.3 Å². The zero-order valence-corrected chi connectivity index (χ0v) is 13.8. The molecule has 0 spiro atoms. The quantitative estimate of drug-likeness (QED) is 0.726. The zero-order valence-electron chi connectivity index (χ0n) is 13.0. The lowest BCUT2D eigenvalue weighted by Crippen LogP contribution is -2.29. The smallest absolute Gasteiger partial charge is 0.351 e. The van der Waals surface area contributed by atoms with Gasteiger partial charge in [-0.15, -0.1) is 11.8 Å². The highest BCUT2D eigenvalue weighted by Gasteiger charge is 2.29. The van der Waals surface area contributed by atoms with Crippen LogP contribution in [0.1, 0.15) is 16.6 Å². The van der Waals surface area contributed by atoms with Gasteiger partial charge < -0.3 is 25.8 Å². The van der Waals surface area contributed by atoms with Crippen LogP contribution in [-0.4, -0.2) is 43.9 Å². The van der Waals surface area contributed by atoms with E-state index in [1.165, 1.54) is 40.7 Å². The molecule has 1 aliphatic rings. The Morgan fingerprint density at radius 2 is 2.20 bits per heavy atom. The molecular weight excluding hydrogens is 350 g/mol. The summed E-state index contributed by atoms with van der Waals surface area (Å²) in [5.41, 5.74) is 4.65. The van der Waals surface area contributed by atoms with Crippen molar-refractivity contribution in [2.45, 2.75) is 11.7 Å². The van der Waals surface area contributed by atoms with Crippen molar-refractivity contribution >= 4 is 23.5 Å². The second-order valence-electron chi connectivity index (χ2n) is 5.01. The number of nitrogen functional groups attached to an aromatic ring is 1. The number of rotatable bonds is 4. The summed E-state index contributed by atoms with van der Waals surface area (Å²) >= 11 is 1.42. The van der Waals surface area contributed by atoms with Crippen LogP contribution in [0.3, 0.4) is 0 Å². The van der Waals surface area contributed by atoms with Crippen molar-refractivity contribution < 1.29 is 24.9 Å². The number of nitrogens with zero attached hydrogens (tertiary/aromatic N) is 2. The third-order valence-corrected chi connectivity index (χ3v) is 4.47. The summed E-state index contributed by atoms with van der Waals surface area (Å²) in [6.07, 6.45) is 1.02. The topological polar surface area (TPSA) is 148 Å². The molecule has 1 aliphatic heterocycles. The predicted octanol–water partition coefficient (Wildman–Crippen LogP) is 0.151. The Hall–Kier alpha value is -2.56. The summed E-state index contributed by atoms with van der Waals surface area (Å²) in [6, 6.07) is 7.65. The largest absolute Gasteiger partial charge is 0.507 e. The van der Waals surface area contributed by atoms with Crippen molar-refractivity contribution in [2.24, 2.45) is 0 Å². The summed E-state index contributed by atoms with van der Waals surface area (Å²) in [4.78, 5) is 27.4. The Morgan fingerprint density at radius 1 is 1.44 bits per heavy atom. The van der Waals surface area contributed by atoms with E-state index in [9.17, 15) is 14.7 Å². The molecule has 2 heterocycles. The number of anilines is 1. The van der Waals surface area contributed by atoms with Crippen molar-refractivity contribution in [1.29, 1.82) is 0 Å². The van der Waals surface area contributed by atoms with E-state index in [4.69, 9.17) is 15.2 Å². The van der Waals surface area contributed by atoms with Gasteiger partial charge >= 0.3 is 11.7 Å².